The van der Waals surface area contributed by atoms with E-state index in [1.54, 1.807) is 0 Å². The molecular formula is C16H26NO2+. The molecule has 1 aliphatic rings. The van der Waals surface area contributed by atoms with Crippen LogP contribution < -0.4 is 4.74 Å². The van der Waals surface area contributed by atoms with E-state index in [1.165, 1.54) is 38.8 Å². The zero-order valence-electron chi connectivity index (χ0n) is 11.9. The molecule has 2 rings (SSSR count). The Hall–Kier alpha value is -1.06. The molecule has 0 amide bonds. The van der Waals surface area contributed by atoms with Gasteiger partial charge >= 0.3 is 0 Å². The van der Waals surface area contributed by atoms with Crippen molar-refractivity contribution in [1.29, 1.82) is 0 Å². The molecule has 1 saturated heterocycles. The predicted molar refractivity (Wildman–Crippen MR) is 77.2 cm³/mol. The van der Waals surface area contributed by atoms with E-state index in [2.05, 4.69) is 7.05 Å². The van der Waals surface area contributed by atoms with Gasteiger partial charge in [-0.15, -0.1) is 0 Å². The quantitative estimate of drug-likeness (QED) is 0.828. The highest BCUT2D eigenvalue weighted by atomic mass is 16.5. The van der Waals surface area contributed by atoms with Gasteiger partial charge in [0.1, 0.15) is 25.0 Å². The first-order valence-electron chi connectivity index (χ1n) is 7.37. The van der Waals surface area contributed by atoms with Crippen molar-refractivity contribution < 1.29 is 14.3 Å². The standard InChI is InChI=1S/C16H26NO2/c1-17(11-7-2-3-8-12-17)13-15(18)14-19-16-9-5-4-6-10-16/h4-6,9-10,15,18H,2-3,7-8,11-14H2,1H3/q+1/t15-/m1/s1. The van der Waals surface area contributed by atoms with E-state index in [0.717, 1.165) is 16.8 Å². The van der Waals surface area contributed by atoms with Gasteiger partial charge < -0.3 is 14.3 Å². The first-order chi connectivity index (χ1) is 9.18. The highest BCUT2D eigenvalue weighted by Crippen LogP contribution is 2.17. The highest BCUT2D eigenvalue weighted by Gasteiger charge is 2.26. The zero-order chi connectivity index (χ0) is 13.6. The van der Waals surface area contributed by atoms with Gasteiger partial charge in [0.05, 0.1) is 20.1 Å². The van der Waals surface area contributed by atoms with Crippen LogP contribution in [0.15, 0.2) is 30.3 Å². The summed E-state index contributed by atoms with van der Waals surface area (Å²) >= 11 is 0. The van der Waals surface area contributed by atoms with Crippen LogP contribution in [0, 0.1) is 0 Å². The molecule has 3 heteroatoms. The number of ether oxygens (including phenoxy) is 1. The van der Waals surface area contributed by atoms with Crippen molar-refractivity contribution in [3.05, 3.63) is 30.3 Å². The average molecular weight is 264 g/mol. The van der Waals surface area contributed by atoms with Gasteiger partial charge in [-0.3, -0.25) is 0 Å². The zero-order valence-corrected chi connectivity index (χ0v) is 11.9. The van der Waals surface area contributed by atoms with Gasteiger partial charge in [0.25, 0.3) is 0 Å². The van der Waals surface area contributed by atoms with Crippen LogP contribution in [0.25, 0.3) is 0 Å². The number of quaternary nitrogens is 1. The Balaban J connectivity index is 1.78. The molecule has 1 aromatic rings. The Labute approximate surface area is 116 Å². The van der Waals surface area contributed by atoms with E-state index >= 15 is 0 Å². The van der Waals surface area contributed by atoms with Crippen molar-refractivity contribution in [3.63, 3.8) is 0 Å². The minimum absolute atomic E-state index is 0.386. The van der Waals surface area contributed by atoms with Crippen LogP contribution in [0.4, 0.5) is 0 Å². The SMILES string of the molecule is C[N+]1(C[C@@H](O)COc2ccccc2)CCCCCC1. The van der Waals surface area contributed by atoms with Gasteiger partial charge in [-0.2, -0.15) is 0 Å². The predicted octanol–water partition coefficient (Wildman–Crippen LogP) is 2.45. The summed E-state index contributed by atoms with van der Waals surface area (Å²) in [4.78, 5) is 0. The van der Waals surface area contributed by atoms with E-state index < -0.39 is 0 Å². The van der Waals surface area contributed by atoms with Gasteiger partial charge in [0.15, 0.2) is 0 Å². The molecule has 19 heavy (non-hydrogen) atoms. The van der Waals surface area contributed by atoms with E-state index in [0.29, 0.717) is 6.61 Å². The molecule has 3 nitrogen and oxygen atoms in total. The number of rotatable bonds is 5. The van der Waals surface area contributed by atoms with Gasteiger partial charge in [0, 0.05) is 0 Å². The average Bonchev–Trinajstić information content (AvgIpc) is 2.62. The normalized spacial score (nSPS) is 20.5. The van der Waals surface area contributed by atoms with Gasteiger partial charge in [-0.25, -0.2) is 0 Å². The second-order valence-electron chi connectivity index (χ2n) is 5.94. The summed E-state index contributed by atoms with van der Waals surface area (Å²) in [7, 11) is 2.26. The Morgan fingerprint density at radius 1 is 1.11 bits per heavy atom. The lowest BCUT2D eigenvalue weighted by Gasteiger charge is -2.35. The summed E-state index contributed by atoms with van der Waals surface area (Å²) in [6.45, 7) is 3.55. The van der Waals surface area contributed by atoms with Crippen molar-refractivity contribution in [1.82, 2.24) is 0 Å². The molecule has 1 fully saturated rings. The number of likely N-dealkylation sites (N-methyl/N-ethyl adjacent to an activating group) is 1. The number of para-hydroxylation sites is 1. The fourth-order valence-corrected chi connectivity index (χ4v) is 2.91. The Morgan fingerprint density at radius 2 is 1.74 bits per heavy atom. The minimum atomic E-state index is -0.386. The number of likely N-dealkylation sites (tertiary alicyclic amines) is 1. The lowest BCUT2D eigenvalue weighted by atomic mass is 10.2. The van der Waals surface area contributed by atoms with Gasteiger partial charge in [-0.1, -0.05) is 18.2 Å². The molecule has 0 saturated carbocycles. The lowest BCUT2D eigenvalue weighted by molar-refractivity contribution is -0.911. The molecule has 106 valence electrons. The molecule has 1 aliphatic heterocycles. The van der Waals surface area contributed by atoms with Crippen LogP contribution in [-0.2, 0) is 0 Å². The second-order valence-corrected chi connectivity index (χ2v) is 5.94. The molecule has 0 aromatic heterocycles. The second kappa shape index (κ2) is 6.92. The number of aliphatic hydroxyl groups excluding tert-OH is 1. The largest absolute Gasteiger partial charge is 0.491 e. The third kappa shape index (κ3) is 4.84. The molecule has 1 N–H and O–H groups in total. The van der Waals surface area contributed by atoms with Crippen LogP contribution in [-0.4, -0.2) is 49.0 Å². The number of nitrogens with zero attached hydrogens (tertiary/aromatic N) is 1. The third-order valence-electron chi connectivity index (χ3n) is 3.98. The Bertz CT molecular complexity index is 358. The summed E-state index contributed by atoms with van der Waals surface area (Å²) in [5.74, 6) is 0.833. The van der Waals surface area contributed by atoms with Crippen molar-refractivity contribution in [3.8, 4) is 5.75 Å². The van der Waals surface area contributed by atoms with Crippen LogP contribution in [0.1, 0.15) is 25.7 Å². The molecule has 0 radical (unpaired) electrons. The van der Waals surface area contributed by atoms with Crippen molar-refractivity contribution >= 4 is 0 Å². The third-order valence-corrected chi connectivity index (χ3v) is 3.98. The number of hydrogen-bond donors (Lipinski definition) is 1. The van der Waals surface area contributed by atoms with Crippen molar-refractivity contribution in [2.24, 2.45) is 0 Å². The van der Waals surface area contributed by atoms with Crippen LogP contribution in [0.5, 0.6) is 5.75 Å². The monoisotopic (exact) mass is 264 g/mol. The van der Waals surface area contributed by atoms with Crippen LogP contribution in [0.2, 0.25) is 0 Å². The fourth-order valence-electron chi connectivity index (χ4n) is 2.91. The summed E-state index contributed by atoms with van der Waals surface area (Å²) in [6.07, 6.45) is 4.85. The topological polar surface area (TPSA) is 29.5 Å². The Morgan fingerprint density at radius 3 is 2.37 bits per heavy atom. The number of hydrogen-bond acceptors (Lipinski definition) is 2. The molecule has 0 aliphatic carbocycles. The first kappa shape index (κ1) is 14.4. The molecule has 0 spiro atoms. The number of benzene rings is 1. The van der Waals surface area contributed by atoms with E-state index in [1.807, 2.05) is 30.3 Å². The van der Waals surface area contributed by atoms with E-state index in [-0.39, 0.29) is 6.10 Å². The van der Waals surface area contributed by atoms with Crippen molar-refractivity contribution in [2.75, 3.05) is 33.3 Å². The summed E-state index contributed by atoms with van der Waals surface area (Å²) in [5, 5.41) is 10.2. The van der Waals surface area contributed by atoms with E-state index in [4.69, 9.17) is 4.74 Å². The van der Waals surface area contributed by atoms with Gasteiger partial charge in [0.2, 0.25) is 0 Å². The molecule has 0 unspecified atom stereocenters. The number of aliphatic hydroxyl groups is 1. The maximum atomic E-state index is 10.2. The first-order valence-corrected chi connectivity index (χ1v) is 7.37. The maximum absolute atomic E-state index is 10.2. The Kier molecular flexibility index (Phi) is 5.23. The molecule has 1 atom stereocenters. The molecule has 1 heterocycles. The summed E-state index contributed by atoms with van der Waals surface area (Å²) < 4.78 is 6.61. The summed E-state index contributed by atoms with van der Waals surface area (Å²) in [6, 6.07) is 9.71. The van der Waals surface area contributed by atoms with Crippen molar-refractivity contribution in [2.45, 2.75) is 31.8 Å². The highest BCUT2D eigenvalue weighted by molar-refractivity contribution is 5.20. The fraction of sp³-hybridized carbons (Fsp3) is 0.625. The van der Waals surface area contributed by atoms with Crippen LogP contribution >= 0.6 is 0 Å². The molecule has 1 aromatic carbocycles. The minimum Gasteiger partial charge on any atom is -0.491 e. The van der Waals surface area contributed by atoms with Gasteiger partial charge in [-0.05, 0) is 37.8 Å². The summed E-state index contributed by atoms with van der Waals surface area (Å²) in [5.41, 5.74) is 0. The molecular weight excluding hydrogens is 238 g/mol. The van der Waals surface area contributed by atoms with E-state index in [9.17, 15) is 5.11 Å². The van der Waals surface area contributed by atoms with Crippen LogP contribution in [0.3, 0.4) is 0 Å². The lowest BCUT2D eigenvalue weighted by Crippen LogP contribution is -2.50. The maximum Gasteiger partial charge on any atom is 0.137 e. The smallest absolute Gasteiger partial charge is 0.137 e. The molecule has 0 bridgehead atoms.